The average Bonchev–Trinajstić information content (AvgIpc) is 3.06. The largest absolute Gasteiger partial charge is 0.481 e. The van der Waals surface area contributed by atoms with E-state index in [-0.39, 0.29) is 5.52 Å². The molecule has 144 valence electrons. The van der Waals surface area contributed by atoms with Crippen LogP contribution in [0.2, 0.25) is 0 Å². The van der Waals surface area contributed by atoms with E-state index < -0.39 is 11.7 Å². The predicted molar refractivity (Wildman–Crippen MR) is 101 cm³/mol. The molecule has 1 aromatic carbocycles. The molecule has 3 aromatic rings. The zero-order valence-corrected chi connectivity index (χ0v) is 16.0. The Hall–Kier alpha value is -3.01. The summed E-state index contributed by atoms with van der Waals surface area (Å²) in [5.41, 5.74) is 6.28. The number of hydrazine groups is 1. The van der Waals surface area contributed by atoms with Gasteiger partial charge in [0.25, 0.3) is 0 Å². The summed E-state index contributed by atoms with van der Waals surface area (Å²) in [7, 11) is 1.52. The molecule has 0 fully saturated rings. The Bertz CT molecular complexity index is 1100. The van der Waals surface area contributed by atoms with Gasteiger partial charge in [-0.05, 0) is 52.3 Å². The minimum absolute atomic E-state index is 0.207. The van der Waals surface area contributed by atoms with Gasteiger partial charge in [0.05, 0.1) is 23.7 Å². The van der Waals surface area contributed by atoms with Gasteiger partial charge >= 0.3 is 6.18 Å². The van der Waals surface area contributed by atoms with E-state index in [4.69, 9.17) is 4.74 Å². The maximum absolute atomic E-state index is 13.1. The number of fused-ring (bicyclic) bond motifs is 1. The second-order valence-corrected chi connectivity index (χ2v) is 6.79. The zero-order valence-electron chi connectivity index (χ0n) is 14.4. The molecule has 1 aliphatic rings. The Labute approximate surface area is 165 Å². The van der Waals surface area contributed by atoms with Gasteiger partial charge in [-0.2, -0.15) is 13.2 Å². The van der Waals surface area contributed by atoms with E-state index in [9.17, 15) is 13.2 Å². The van der Waals surface area contributed by atoms with Gasteiger partial charge in [0.1, 0.15) is 11.5 Å². The number of benzene rings is 1. The van der Waals surface area contributed by atoms with Crippen LogP contribution in [0.5, 0.6) is 0 Å². The summed E-state index contributed by atoms with van der Waals surface area (Å²) in [5, 5.41) is 0. The molecular formula is C18H13BrF3N5O. The van der Waals surface area contributed by atoms with Crippen molar-refractivity contribution in [1.29, 1.82) is 0 Å². The van der Waals surface area contributed by atoms with Crippen LogP contribution in [0.4, 0.5) is 13.2 Å². The fourth-order valence-electron chi connectivity index (χ4n) is 2.79. The highest BCUT2D eigenvalue weighted by molar-refractivity contribution is 9.10. The number of halogens is 4. The molecule has 2 N–H and O–H groups in total. The number of alkyl halides is 3. The maximum Gasteiger partial charge on any atom is 0.416 e. The molecule has 0 atom stereocenters. The van der Waals surface area contributed by atoms with E-state index >= 15 is 0 Å². The number of pyridine rings is 1. The molecule has 4 rings (SSSR count). The molecule has 0 saturated heterocycles. The lowest BCUT2D eigenvalue weighted by molar-refractivity contribution is -0.137. The van der Waals surface area contributed by atoms with Crippen molar-refractivity contribution < 1.29 is 17.9 Å². The molecule has 0 saturated carbocycles. The number of imidazole rings is 1. The van der Waals surface area contributed by atoms with Crippen LogP contribution in [-0.2, 0) is 10.9 Å². The van der Waals surface area contributed by atoms with Crippen molar-refractivity contribution in [3.63, 3.8) is 0 Å². The van der Waals surface area contributed by atoms with E-state index in [1.807, 2.05) is 0 Å². The van der Waals surface area contributed by atoms with E-state index in [1.165, 1.54) is 13.2 Å². The molecule has 0 aliphatic carbocycles. The van der Waals surface area contributed by atoms with Gasteiger partial charge in [-0.1, -0.05) is 0 Å². The highest BCUT2D eigenvalue weighted by atomic mass is 79.9. The molecule has 10 heteroatoms. The summed E-state index contributed by atoms with van der Waals surface area (Å²) in [6.07, 6.45) is 0.578. The van der Waals surface area contributed by atoms with Crippen LogP contribution in [0.1, 0.15) is 5.56 Å². The Morgan fingerprint density at radius 2 is 1.93 bits per heavy atom. The van der Waals surface area contributed by atoms with Crippen LogP contribution >= 0.6 is 15.9 Å². The standard InChI is InChI=1S/C18H13BrF3N5O/c1-28-16-7-6-15(25-26-16)27-14-5-2-10(18(20,21)22)8-13(14)24-17(27)12-4-3-11(19)9-23-12/h2-9,25-26H,1H3. The fourth-order valence-corrected chi connectivity index (χ4v) is 3.03. The Balaban J connectivity index is 1.94. The monoisotopic (exact) mass is 451 g/mol. The first kappa shape index (κ1) is 18.4. The summed E-state index contributed by atoms with van der Waals surface area (Å²) in [6.45, 7) is 0. The summed E-state index contributed by atoms with van der Waals surface area (Å²) >= 11 is 3.32. The second-order valence-electron chi connectivity index (χ2n) is 5.87. The zero-order chi connectivity index (χ0) is 19.9. The number of nitrogens with zero attached hydrogens (tertiary/aromatic N) is 3. The molecule has 3 heterocycles. The van der Waals surface area contributed by atoms with Gasteiger partial charge in [-0.15, -0.1) is 0 Å². The normalized spacial score (nSPS) is 14.2. The van der Waals surface area contributed by atoms with Crippen molar-refractivity contribution in [3.05, 3.63) is 64.6 Å². The first-order valence-corrected chi connectivity index (χ1v) is 8.86. The highest BCUT2D eigenvalue weighted by Crippen LogP contribution is 2.34. The van der Waals surface area contributed by atoms with Crippen molar-refractivity contribution in [3.8, 4) is 11.5 Å². The Morgan fingerprint density at radius 1 is 1.11 bits per heavy atom. The third kappa shape index (κ3) is 3.31. The molecule has 0 unspecified atom stereocenters. The minimum atomic E-state index is -4.45. The van der Waals surface area contributed by atoms with Gasteiger partial charge < -0.3 is 4.74 Å². The van der Waals surface area contributed by atoms with Crippen molar-refractivity contribution in [2.75, 3.05) is 7.11 Å². The second kappa shape index (κ2) is 6.86. The lowest BCUT2D eigenvalue weighted by Crippen LogP contribution is -2.34. The lowest BCUT2D eigenvalue weighted by Gasteiger charge is -2.20. The number of hydrogen-bond donors (Lipinski definition) is 2. The molecule has 0 spiro atoms. The molecule has 2 aromatic heterocycles. The molecule has 0 amide bonds. The van der Waals surface area contributed by atoms with E-state index in [2.05, 4.69) is 36.7 Å². The number of rotatable bonds is 3. The Morgan fingerprint density at radius 3 is 2.54 bits per heavy atom. The van der Waals surface area contributed by atoms with E-state index in [1.54, 1.807) is 35.0 Å². The van der Waals surface area contributed by atoms with Crippen LogP contribution in [0.15, 0.2) is 59.0 Å². The van der Waals surface area contributed by atoms with Crippen molar-refractivity contribution in [1.82, 2.24) is 25.4 Å². The van der Waals surface area contributed by atoms with Crippen molar-refractivity contribution in [2.24, 2.45) is 0 Å². The third-order valence-electron chi connectivity index (χ3n) is 4.11. The first-order chi connectivity index (χ1) is 13.4. The molecule has 1 aliphatic heterocycles. The number of methoxy groups -OCH3 is 1. The number of allylic oxidation sites excluding steroid dienone is 2. The molecule has 0 radical (unpaired) electrons. The summed E-state index contributed by atoms with van der Waals surface area (Å²) in [5.74, 6) is 1.45. The van der Waals surface area contributed by atoms with Gasteiger partial charge in [0.15, 0.2) is 5.82 Å². The van der Waals surface area contributed by atoms with Crippen molar-refractivity contribution in [2.45, 2.75) is 6.18 Å². The van der Waals surface area contributed by atoms with E-state index in [0.29, 0.717) is 28.7 Å². The highest BCUT2D eigenvalue weighted by Gasteiger charge is 2.31. The average molecular weight is 452 g/mol. The quantitative estimate of drug-likeness (QED) is 0.622. The minimum Gasteiger partial charge on any atom is -0.481 e. The fraction of sp³-hybridized carbons (Fsp3) is 0.111. The third-order valence-corrected chi connectivity index (χ3v) is 4.57. The molecular weight excluding hydrogens is 439 g/mol. The van der Waals surface area contributed by atoms with Gasteiger partial charge in [-0.3, -0.25) is 20.4 Å². The molecule has 0 bridgehead atoms. The van der Waals surface area contributed by atoms with Crippen LogP contribution in [0.25, 0.3) is 28.4 Å². The van der Waals surface area contributed by atoms with Crippen LogP contribution < -0.4 is 10.9 Å². The number of nitrogens with one attached hydrogen (secondary N) is 2. The maximum atomic E-state index is 13.1. The van der Waals surface area contributed by atoms with Gasteiger partial charge in [-0.25, -0.2) is 4.98 Å². The smallest absolute Gasteiger partial charge is 0.416 e. The SMILES string of the molecule is COC1=CC=C(n2c(-c3ccc(Br)cn3)nc3cc(C(F)(F)F)ccc32)NN1. The Kier molecular flexibility index (Phi) is 4.50. The molecule has 28 heavy (non-hydrogen) atoms. The number of ether oxygens (including phenoxy) is 1. The molecule has 6 nitrogen and oxygen atoms in total. The van der Waals surface area contributed by atoms with Crippen LogP contribution in [-0.4, -0.2) is 21.6 Å². The van der Waals surface area contributed by atoms with Gasteiger partial charge in [0, 0.05) is 16.7 Å². The van der Waals surface area contributed by atoms with Gasteiger partial charge in [0.2, 0.25) is 5.88 Å². The van der Waals surface area contributed by atoms with E-state index in [0.717, 1.165) is 16.6 Å². The predicted octanol–water partition coefficient (Wildman–Crippen LogP) is 4.27. The summed E-state index contributed by atoms with van der Waals surface area (Å²) in [4.78, 5) is 8.76. The first-order valence-electron chi connectivity index (χ1n) is 8.07. The van der Waals surface area contributed by atoms with Crippen LogP contribution in [0.3, 0.4) is 0 Å². The summed E-state index contributed by atoms with van der Waals surface area (Å²) < 4.78 is 46.9. The summed E-state index contributed by atoms with van der Waals surface area (Å²) in [6, 6.07) is 6.98. The number of hydrogen-bond acceptors (Lipinski definition) is 5. The van der Waals surface area contributed by atoms with Crippen LogP contribution in [0, 0.1) is 0 Å². The topological polar surface area (TPSA) is 64.0 Å². The number of aromatic nitrogens is 3. The lowest BCUT2D eigenvalue weighted by atomic mass is 10.2. The van der Waals surface area contributed by atoms with Crippen molar-refractivity contribution >= 4 is 32.8 Å².